The lowest BCUT2D eigenvalue weighted by molar-refractivity contribution is 0.546. The van der Waals surface area contributed by atoms with Gasteiger partial charge in [0.25, 0.3) is 0 Å². The lowest BCUT2D eigenvalue weighted by Gasteiger charge is -2.25. The monoisotopic (exact) mass is 276 g/mol. The van der Waals surface area contributed by atoms with Gasteiger partial charge in [0.05, 0.1) is 6.33 Å². The molecule has 0 radical (unpaired) electrons. The Kier molecular flexibility index (Phi) is 4.76. The molecule has 2 rings (SSSR count). The Bertz CT molecular complexity index is 550. The Labute approximate surface area is 120 Å². The molecule has 0 aromatic carbocycles. The molecule has 2 aromatic heterocycles. The number of aromatic amines is 1. The molecule has 6 nitrogen and oxygen atoms in total. The number of fused-ring (bicyclic) bond motifs is 1. The highest BCUT2D eigenvalue weighted by Crippen LogP contribution is 2.23. The molecule has 2 aromatic rings. The molecule has 0 saturated carbocycles. The van der Waals surface area contributed by atoms with Gasteiger partial charge in [0.2, 0.25) is 5.95 Å². The summed E-state index contributed by atoms with van der Waals surface area (Å²) in [6.45, 7) is 11.4. The molecule has 0 saturated heterocycles. The van der Waals surface area contributed by atoms with Crippen LogP contribution in [0.1, 0.15) is 34.1 Å². The second kappa shape index (κ2) is 6.54. The summed E-state index contributed by atoms with van der Waals surface area (Å²) in [4.78, 5) is 18.8. The van der Waals surface area contributed by atoms with Crippen molar-refractivity contribution >= 4 is 22.9 Å². The molecule has 0 aliphatic heterocycles. The lowest BCUT2D eigenvalue weighted by atomic mass is 10.1. The number of nitrogens with zero attached hydrogens (tertiary/aromatic N) is 4. The minimum Gasteiger partial charge on any atom is -0.355 e. The van der Waals surface area contributed by atoms with Crippen molar-refractivity contribution in [2.75, 3.05) is 29.9 Å². The fourth-order valence-corrected chi connectivity index (χ4v) is 2.15. The van der Waals surface area contributed by atoms with Crippen molar-refractivity contribution in [2.24, 2.45) is 5.92 Å². The first kappa shape index (κ1) is 14.6. The highest BCUT2D eigenvalue weighted by molar-refractivity contribution is 5.84. The smallest absolute Gasteiger partial charge is 0.226 e. The van der Waals surface area contributed by atoms with E-state index in [0.717, 1.165) is 37.4 Å². The van der Waals surface area contributed by atoms with E-state index >= 15 is 0 Å². The Morgan fingerprint density at radius 2 is 2.10 bits per heavy atom. The molecular formula is C14H24N6. The number of rotatable bonds is 7. The first-order valence-corrected chi connectivity index (χ1v) is 7.39. The summed E-state index contributed by atoms with van der Waals surface area (Å²) < 4.78 is 0. The quantitative estimate of drug-likeness (QED) is 0.813. The van der Waals surface area contributed by atoms with Crippen molar-refractivity contribution in [1.82, 2.24) is 19.9 Å². The average molecular weight is 276 g/mol. The van der Waals surface area contributed by atoms with Crippen molar-refractivity contribution in [3.8, 4) is 0 Å². The molecule has 6 heteroatoms. The van der Waals surface area contributed by atoms with Crippen LogP contribution in [0.3, 0.4) is 0 Å². The van der Waals surface area contributed by atoms with Crippen molar-refractivity contribution in [1.29, 1.82) is 0 Å². The van der Waals surface area contributed by atoms with Crippen LogP contribution in [0.25, 0.3) is 11.2 Å². The Morgan fingerprint density at radius 3 is 2.75 bits per heavy atom. The highest BCUT2D eigenvalue weighted by Gasteiger charge is 2.16. The number of hydrogen-bond donors (Lipinski definition) is 2. The van der Waals surface area contributed by atoms with Gasteiger partial charge in [-0.3, -0.25) is 0 Å². The first-order valence-electron chi connectivity index (χ1n) is 7.39. The Morgan fingerprint density at radius 1 is 1.30 bits per heavy atom. The molecule has 2 heterocycles. The zero-order valence-corrected chi connectivity index (χ0v) is 12.8. The van der Waals surface area contributed by atoms with Gasteiger partial charge in [-0.15, -0.1) is 0 Å². The van der Waals surface area contributed by atoms with E-state index in [1.807, 2.05) is 6.92 Å². The van der Waals surface area contributed by atoms with E-state index in [-0.39, 0.29) is 0 Å². The molecule has 1 atom stereocenters. The largest absolute Gasteiger partial charge is 0.355 e. The van der Waals surface area contributed by atoms with Crippen LogP contribution in [-0.4, -0.2) is 39.6 Å². The predicted octanol–water partition coefficient (Wildman–Crippen LogP) is 2.66. The van der Waals surface area contributed by atoms with Crippen LogP contribution in [0.2, 0.25) is 0 Å². The van der Waals surface area contributed by atoms with Crippen LogP contribution in [0.4, 0.5) is 11.8 Å². The van der Waals surface area contributed by atoms with Crippen molar-refractivity contribution in [3.05, 3.63) is 6.33 Å². The molecule has 1 unspecified atom stereocenters. The lowest BCUT2D eigenvalue weighted by Crippen LogP contribution is -2.29. The van der Waals surface area contributed by atoms with Crippen LogP contribution in [0.15, 0.2) is 6.33 Å². The molecule has 0 aliphatic carbocycles. The molecule has 0 fully saturated rings. The van der Waals surface area contributed by atoms with Crippen LogP contribution >= 0.6 is 0 Å². The number of H-pyrrole nitrogens is 1. The van der Waals surface area contributed by atoms with Crippen LogP contribution in [0, 0.1) is 5.92 Å². The summed E-state index contributed by atoms with van der Waals surface area (Å²) >= 11 is 0. The van der Waals surface area contributed by atoms with Crippen molar-refractivity contribution in [2.45, 2.75) is 34.1 Å². The SMILES string of the molecule is CCNc1nc(N(CC)CC(C)CC)c2[nH]cnc2n1. The normalized spacial score (nSPS) is 12.6. The maximum absolute atomic E-state index is 4.65. The zero-order chi connectivity index (χ0) is 14.5. The summed E-state index contributed by atoms with van der Waals surface area (Å²) in [5.74, 6) is 2.21. The van der Waals surface area contributed by atoms with Crippen molar-refractivity contribution < 1.29 is 0 Å². The van der Waals surface area contributed by atoms with E-state index < -0.39 is 0 Å². The maximum atomic E-state index is 4.65. The van der Waals surface area contributed by atoms with Gasteiger partial charge in [-0.05, 0) is 19.8 Å². The van der Waals surface area contributed by atoms with E-state index in [2.05, 4.69) is 50.9 Å². The standard InChI is InChI=1S/C14H24N6/c1-5-10(4)8-20(7-3)13-11-12(17-9-16-11)18-14(19-13)15-6-2/h9-10H,5-8H2,1-4H3,(H2,15,16,17,18,19). The number of aromatic nitrogens is 4. The number of anilines is 2. The topological polar surface area (TPSA) is 69.7 Å². The summed E-state index contributed by atoms with van der Waals surface area (Å²) in [6.07, 6.45) is 2.84. The second-order valence-electron chi connectivity index (χ2n) is 5.05. The van der Waals surface area contributed by atoms with E-state index in [1.54, 1.807) is 6.33 Å². The van der Waals surface area contributed by atoms with E-state index in [0.29, 0.717) is 17.5 Å². The van der Waals surface area contributed by atoms with Gasteiger partial charge in [0.1, 0.15) is 5.52 Å². The van der Waals surface area contributed by atoms with Crippen LogP contribution in [0.5, 0.6) is 0 Å². The molecule has 0 spiro atoms. The summed E-state index contributed by atoms with van der Waals surface area (Å²) in [5.41, 5.74) is 1.63. The van der Waals surface area contributed by atoms with Gasteiger partial charge in [0, 0.05) is 19.6 Å². The van der Waals surface area contributed by atoms with Gasteiger partial charge in [0.15, 0.2) is 11.5 Å². The fraction of sp³-hybridized carbons (Fsp3) is 0.643. The Balaban J connectivity index is 2.40. The summed E-state index contributed by atoms with van der Waals surface area (Å²) in [6, 6.07) is 0. The van der Waals surface area contributed by atoms with E-state index in [4.69, 9.17) is 0 Å². The van der Waals surface area contributed by atoms with Gasteiger partial charge < -0.3 is 15.2 Å². The molecule has 110 valence electrons. The minimum atomic E-state index is 0.630. The molecule has 20 heavy (non-hydrogen) atoms. The molecule has 0 amide bonds. The number of hydrogen-bond acceptors (Lipinski definition) is 5. The van der Waals surface area contributed by atoms with Crippen LogP contribution in [-0.2, 0) is 0 Å². The third kappa shape index (κ3) is 3.00. The second-order valence-corrected chi connectivity index (χ2v) is 5.05. The maximum Gasteiger partial charge on any atom is 0.226 e. The first-order chi connectivity index (χ1) is 9.69. The van der Waals surface area contributed by atoms with Gasteiger partial charge in [-0.25, -0.2) is 4.98 Å². The molecular weight excluding hydrogens is 252 g/mol. The third-order valence-electron chi connectivity index (χ3n) is 3.51. The molecule has 0 bridgehead atoms. The van der Waals surface area contributed by atoms with Crippen molar-refractivity contribution in [3.63, 3.8) is 0 Å². The van der Waals surface area contributed by atoms with E-state index in [1.165, 1.54) is 0 Å². The zero-order valence-electron chi connectivity index (χ0n) is 12.8. The van der Waals surface area contributed by atoms with Gasteiger partial charge in [-0.1, -0.05) is 20.3 Å². The van der Waals surface area contributed by atoms with Crippen LogP contribution < -0.4 is 10.2 Å². The summed E-state index contributed by atoms with van der Waals surface area (Å²) in [7, 11) is 0. The number of nitrogens with one attached hydrogen (secondary N) is 2. The highest BCUT2D eigenvalue weighted by atomic mass is 15.2. The number of imidazole rings is 1. The molecule has 2 N–H and O–H groups in total. The fourth-order valence-electron chi connectivity index (χ4n) is 2.15. The average Bonchev–Trinajstić information content (AvgIpc) is 2.92. The Hall–Kier alpha value is -1.85. The van der Waals surface area contributed by atoms with Gasteiger partial charge >= 0.3 is 0 Å². The van der Waals surface area contributed by atoms with Gasteiger partial charge in [-0.2, -0.15) is 9.97 Å². The molecule has 0 aliphatic rings. The minimum absolute atomic E-state index is 0.630. The predicted molar refractivity (Wildman–Crippen MR) is 83.2 cm³/mol. The van der Waals surface area contributed by atoms with E-state index in [9.17, 15) is 0 Å². The third-order valence-corrected chi connectivity index (χ3v) is 3.51. The summed E-state index contributed by atoms with van der Waals surface area (Å²) in [5, 5.41) is 3.17.